The van der Waals surface area contributed by atoms with Crippen LogP contribution in [0.1, 0.15) is 24.8 Å². The Bertz CT molecular complexity index is 346. The van der Waals surface area contributed by atoms with E-state index in [1.807, 2.05) is 0 Å². The van der Waals surface area contributed by atoms with E-state index >= 15 is 0 Å². The van der Waals surface area contributed by atoms with Crippen LogP contribution in [0, 0.1) is 0 Å². The summed E-state index contributed by atoms with van der Waals surface area (Å²) in [6.07, 6.45) is 2.26. The van der Waals surface area contributed by atoms with Crippen LogP contribution in [0.15, 0.2) is 18.2 Å². The van der Waals surface area contributed by atoms with Crippen LogP contribution in [0.25, 0.3) is 0 Å². The van der Waals surface area contributed by atoms with Crippen molar-refractivity contribution < 1.29 is 20.1 Å². The first kappa shape index (κ1) is 11.4. The maximum Gasteiger partial charge on any atom is 0.303 e. The van der Waals surface area contributed by atoms with Crippen molar-refractivity contribution in [2.24, 2.45) is 0 Å². The quantitative estimate of drug-likeness (QED) is 0.512. The molecule has 0 atom stereocenters. The van der Waals surface area contributed by atoms with E-state index in [1.165, 1.54) is 12.1 Å². The lowest BCUT2D eigenvalue weighted by Gasteiger charge is -2.02. The second-order valence-electron chi connectivity index (χ2n) is 3.42. The number of carboxylic acid groups (broad SMARTS) is 1. The molecule has 0 aliphatic heterocycles. The third kappa shape index (κ3) is 3.89. The molecule has 0 radical (unpaired) electrons. The van der Waals surface area contributed by atoms with Crippen molar-refractivity contribution in [1.82, 2.24) is 0 Å². The molecular formula is C11H14O4. The van der Waals surface area contributed by atoms with Crippen LogP contribution in [0.4, 0.5) is 0 Å². The van der Waals surface area contributed by atoms with E-state index in [0.717, 1.165) is 12.0 Å². The molecule has 3 N–H and O–H groups in total. The molecule has 0 saturated heterocycles. The van der Waals surface area contributed by atoms with Gasteiger partial charge in [0.1, 0.15) is 0 Å². The number of aliphatic carboxylic acids is 1. The first-order valence-electron chi connectivity index (χ1n) is 4.82. The van der Waals surface area contributed by atoms with Gasteiger partial charge in [-0.15, -0.1) is 0 Å². The number of rotatable bonds is 5. The van der Waals surface area contributed by atoms with Crippen molar-refractivity contribution in [2.45, 2.75) is 25.7 Å². The van der Waals surface area contributed by atoms with Crippen LogP contribution in [0.2, 0.25) is 0 Å². The van der Waals surface area contributed by atoms with Crippen LogP contribution in [-0.4, -0.2) is 21.3 Å². The SMILES string of the molecule is O=C(O)CCCCc1ccc(O)c(O)c1. The molecule has 15 heavy (non-hydrogen) atoms. The summed E-state index contributed by atoms with van der Waals surface area (Å²) in [4.78, 5) is 10.2. The van der Waals surface area contributed by atoms with E-state index in [1.54, 1.807) is 6.07 Å². The van der Waals surface area contributed by atoms with E-state index in [0.29, 0.717) is 12.8 Å². The van der Waals surface area contributed by atoms with Crippen molar-refractivity contribution >= 4 is 5.97 Å². The number of carboxylic acids is 1. The second-order valence-corrected chi connectivity index (χ2v) is 3.42. The summed E-state index contributed by atoms with van der Waals surface area (Å²) < 4.78 is 0. The summed E-state index contributed by atoms with van der Waals surface area (Å²) >= 11 is 0. The normalized spacial score (nSPS) is 10.1. The minimum Gasteiger partial charge on any atom is -0.504 e. The van der Waals surface area contributed by atoms with Gasteiger partial charge in [0.05, 0.1) is 0 Å². The molecular weight excluding hydrogens is 196 g/mol. The number of aryl methyl sites for hydroxylation is 1. The molecule has 0 aliphatic carbocycles. The number of carbonyl (C=O) groups is 1. The van der Waals surface area contributed by atoms with Crippen LogP contribution < -0.4 is 0 Å². The lowest BCUT2D eigenvalue weighted by molar-refractivity contribution is -0.137. The van der Waals surface area contributed by atoms with Crippen LogP contribution >= 0.6 is 0 Å². The molecule has 0 amide bonds. The molecule has 4 nitrogen and oxygen atoms in total. The van der Waals surface area contributed by atoms with Crippen molar-refractivity contribution in [3.63, 3.8) is 0 Å². The minimum absolute atomic E-state index is 0.134. The molecule has 1 aromatic carbocycles. The number of hydrogen-bond acceptors (Lipinski definition) is 3. The Morgan fingerprint density at radius 1 is 1.13 bits per heavy atom. The first-order valence-corrected chi connectivity index (χ1v) is 4.82. The van der Waals surface area contributed by atoms with E-state index in [4.69, 9.17) is 10.2 Å². The molecule has 0 aliphatic rings. The van der Waals surface area contributed by atoms with Gasteiger partial charge in [-0.1, -0.05) is 6.07 Å². The van der Waals surface area contributed by atoms with Gasteiger partial charge in [0.25, 0.3) is 0 Å². The summed E-state index contributed by atoms with van der Waals surface area (Å²) in [5.74, 6) is -1.06. The monoisotopic (exact) mass is 210 g/mol. The highest BCUT2D eigenvalue weighted by molar-refractivity contribution is 5.66. The van der Waals surface area contributed by atoms with Gasteiger partial charge < -0.3 is 15.3 Å². The highest BCUT2D eigenvalue weighted by Gasteiger charge is 2.01. The molecule has 0 fully saturated rings. The highest BCUT2D eigenvalue weighted by atomic mass is 16.4. The molecule has 0 unspecified atom stereocenters. The summed E-state index contributed by atoms with van der Waals surface area (Å²) in [6.45, 7) is 0. The Morgan fingerprint density at radius 3 is 2.47 bits per heavy atom. The molecule has 0 aromatic heterocycles. The van der Waals surface area contributed by atoms with Crippen molar-refractivity contribution in [2.75, 3.05) is 0 Å². The lowest BCUT2D eigenvalue weighted by Crippen LogP contribution is -1.94. The standard InChI is InChI=1S/C11H14O4/c12-9-6-5-8(7-10(9)13)3-1-2-4-11(14)15/h5-7,12-13H,1-4H2,(H,14,15). The third-order valence-electron chi connectivity index (χ3n) is 2.15. The van der Waals surface area contributed by atoms with Gasteiger partial charge in [-0.2, -0.15) is 0 Å². The predicted octanol–water partition coefficient (Wildman–Crippen LogP) is 1.90. The number of unbranched alkanes of at least 4 members (excludes halogenated alkanes) is 1. The Kier molecular flexibility index (Phi) is 3.97. The number of hydrogen-bond donors (Lipinski definition) is 3. The lowest BCUT2D eigenvalue weighted by atomic mass is 10.1. The fraction of sp³-hybridized carbons (Fsp3) is 0.364. The first-order chi connectivity index (χ1) is 7.09. The number of phenolic OH excluding ortho intramolecular Hbond substituents is 2. The largest absolute Gasteiger partial charge is 0.504 e. The van der Waals surface area contributed by atoms with Gasteiger partial charge in [0, 0.05) is 6.42 Å². The van der Waals surface area contributed by atoms with Crippen LogP contribution in [-0.2, 0) is 11.2 Å². The van der Waals surface area contributed by atoms with Crippen molar-refractivity contribution in [1.29, 1.82) is 0 Å². The maximum atomic E-state index is 10.2. The minimum atomic E-state index is -0.788. The van der Waals surface area contributed by atoms with Crippen LogP contribution in [0.3, 0.4) is 0 Å². The van der Waals surface area contributed by atoms with E-state index in [9.17, 15) is 9.90 Å². The van der Waals surface area contributed by atoms with E-state index < -0.39 is 5.97 Å². The Hall–Kier alpha value is -1.71. The van der Waals surface area contributed by atoms with Crippen molar-refractivity contribution in [3.05, 3.63) is 23.8 Å². The van der Waals surface area contributed by atoms with Gasteiger partial charge >= 0.3 is 5.97 Å². The Labute approximate surface area is 87.8 Å². The molecule has 1 rings (SSSR count). The topological polar surface area (TPSA) is 77.8 Å². The average Bonchev–Trinajstić information content (AvgIpc) is 2.18. The number of aromatic hydroxyl groups is 2. The van der Waals surface area contributed by atoms with Crippen LogP contribution in [0.5, 0.6) is 11.5 Å². The fourth-order valence-electron chi connectivity index (χ4n) is 1.33. The van der Waals surface area contributed by atoms with Gasteiger partial charge in [0.15, 0.2) is 11.5 Å². The van der Waals surface area contributed by atoms with Crippen molar-refractivity contribution in [3.8, 4) is 11.5 Å². The van der Waals surface area contributed by atoms with Gasteiger partial charge in [0.2, 0.25) is 0 Å². The van der Waals surface area contributed by atoms with E-state index in [2.05, 4.69) is 0 Å². The zero-order valence-electron chi connectivity index (χ0n) is 8.31. The predicted molar refractivity (Wildman–Crippen MR) is 55.0 cm³/mol. The molecule has 0 bridgehead atoms. The van der Waals surface area contributed by atoms with Gasteiger partial charge in [-0.05, 0) is 37.0 Å². The Balaban J connectivity index is 2.38. The maximum absolute atomic E-state index is 10.2. The summed E-state index contributed by atoms with van der Waals surface area (Å²) in [6, 6.07) is 4.65. The smallest absolute Gasteiger partial charge is 0.303 e. The van der Waals surface area contributed by atoms with Gasteiger partial charge in [-0.3, -0.25) is 4.79 Å². The Morgan fingerprint density at radius 2 is 1.87 bits per heavy atom. The number of benzene rings is 1. The zero-order chi connectivity index (χ0) is 11.3. The highest BCUT2D eigenvalue weighted by Crippen LogP contribution is 2.25. The van der Waals surface area contributed by atoms with Gasteiger partial charge in [-0.25, -0.2) is 0 Å². The molecule has 0 heterocycles. The molecule has 82 valence electrons. The average molecular weight is 210 g/mol. The summed E-state index contributed by atoms with van der Waals surface area (Å²) in [5.41, 5.74) is 0.899. The zero-order valence-corrected chi connectivity index (χ0v) is 8.31. The number of phenols is 2. The summed E-state index contributed by atoms with van der Waals surface area (Å²) in [7, 11) is 0. The third-order valence-corrected chi connectivity index (χ3v) is 2.15. The molecule has 1 aromatic rings. The molecule has 0 spiro atoms. The second kappa shape index (κ2) is 5.24. The fourth-order valence-corrected chi connectivity index (χ4v) is 1.33. The van der Waals surface area contributed by atoms with E-state index in [-0.39, 0.29) is 17.9 Å². The molecule has 0 saturated carbocycles. The molecule has 4 heteroatoms. The summed E-state index contributed by atoms with van der Waals surface area (Å²) in [5, 5.41) is 26.7.